The molecule has 2 rings (SSSR count). The van der Waals surface area contributed by atoms with Crippen molar-refractivity contribution in [2.75, 3.05) is 6.54 Å². The van der Waals surface area contributed by atoms with E-state index in [1.54, 1.807) is 4.90 Å². The predicted molar refractivity (Wildman–Crippen MR) is 60.6 cm³/mol. The van der Waals surface area contributed by atoms with Gasteiger partial charge in [-0.1, -0.05) is 0 Å². The molecule has 5 nitrogen and oxygen atoms in total. The smallest absolute Gasteiger partial charge is 0.410 e. The van der Waals surface area contributed by atoms with Gasteiger partial charge in [0.2, 0.25) is 0 Å². The molecule has 2 fully saturated rings. The van der Waals surface area contributed by atoms with Gasteiger partial charge < -0.3 is 14.7 Å². The minimum atomic E-state index is -0.786. The molecule has 0 aromatic rings. The van der Waals surface area contributed by atoms with Crippen LogP contribution < -0.4 is 0 Å². The number of piperidine rings is 1. The molecule has 1 amide bonds. The molecular formula is C12H19NO4. The first-order valence-electron chi connectivity index (χ1n) is 5.97. The van der Waals surface area contributed by atoms with Crippen molar-refractivity contribution in [2.24, 2.45) is 5.41 Å². The van der Waals surface area contributed by atoms with Crippen molar-refractivity contribution in [1.82, 2.24) is 4.90 Å². The highest BCUT2D eigenvalue weighted by Gasteiger charge is 2.56. The fourth-order valence-corrected chi connectivity index (χ4v) is 2.76. The van der Waals surface area contributed by atoms with Crippen molar-refractivity contribution in [3.8, 4) is 0 Å². The third kappa shape index (κ3) is 2.10. The van der Waals surface area contributed by atoms with Crippen LogP contribution in [0.3, 0.4) is 0 Å². The molecule has 2 bridgehead atoms. The molecule has 2 aliphatic rings. The van der Waals surface area contributed by atoms with E-state index in [0.717, 1.165) is 6.42 Å². The maximum atomic E-state index is 11.9. The summed E-state index contributed by atoms with van der Waals surface area (Å²) in [5.74, 6) is -0.786. The maximum absolute atomic E-state index is 11.9. The number of rotatable bonds is 1. The zero-order chi connectivity index (χ0) is 12.8. The Hall–Kier alpha value is -1.26. The van der Waals surface area contributed by atoms with Crippen LogP contribution in [-0.2, 0) is 9.53 Å². The average molecular weight is 241 g/mol. The lowest BCUT2D eigenvalue weighted by Crippen LogP contribution is -2.44. The number of ether oxygens (including phenoxy) is 1. The van der Waals surface area contributed by atoms with Crippen molar-refractivity contribution >= 4 is 12.1 Å². The maximum Gasteiger partial charge on any atom is 0.410 e. The van der Waals surface area contributed by atoms with Gasteiger partial charge in [-0.15, -0.1) is 0 Å². The molecule has 0 aromatic heterocycles. The van der Waals surface area contributed by atoms with Gasteiger partial charge in [0.05, 0.1) is 5.41 Å². The van der Waals surface area contributed by atoms with Crippen molar-refractivity contribution in [1.29, 1.82) is 0 Å². The number of likely N-dealkylation sites (tertiary alicyclic amines) is 1. The van der Waals surface area contributed by atoms with Crippen molar-refractivity contribution in [2.45, 2.75) is 51.7 Å². The summed E-state index contributed by atoms with van der Waals surface area (Å²) in [6.45, 7) is 5.73. The lowest BCUT2D eigenvalue weighted by atomic mass is 9.88. The van der Waals surface area contributed by atoms with Crippen LogP contribution in [-0.4, -0.2) is 40.3 Å². The molecule has 5 heteroatoms. The SMILES string of the molecule is CC(C)(C)OC(=O)N1C[C@@]2(C(=O)O)CC[C@@H]1C2. The fraction of sp³-hybridized carbons (Fsp3) is 0.833. The number of hydrogen-bond donors (Lipinski definition) is 1. The first-order chi connectivity index (χ1) is 7.73. The van der Waals surface area contributed by atoms with Crippen molar-refractivity contribution < 1.29 is 19.4 Å². The van der Waals surface area contributed by atoms with E-state index in [0.29, 0.717) is 19.4 Å². The van der Waals surface area contributed by atoms with E-state index in [9.17, 15) is 14.7 Å². The highest BCUT2D eigenvalue weighted by Crippen LogP contribution is 2.48. The molecule has 17 heavy (non-hydrogen) atoms. The Balaban J connectivity index is 2.07. The summed E-state index contributed by atoms with van der Waals surface area (Å²) in [4.78, 5) is 24.8. The van der Waals surface area contributed by atoms with Gasteiger partial charge in [0.1, 0.15) is 5.60 Å². The quantitative estimate of drug-likeness (QED) is 0.761. The van der Waals surface area contributed by atoms with Crippen LogP contribution in [0.2, 0.25) is 0 Å². The molecule has 1 saturated carbocycles. The second kappa shape index (κ2) is 3.62. The second-order valence-corrected chi connectivity index (χ2v) is 6.09. The topological polar surface area (TPSA) is 66.8 Å². The first-order valence-corrected chi connectivity index (χ1v) is 5.97. The number of carbonyl (C=O) groups excluding carboxylic acids is 1. The lowest BCUT2D eigenvalue weighted by molar-refractivity contribution is -0.148. The van der Waals surface area contributed by atoms with E-state index in [1.807, 2.05) is 20.8 Å². The van der Waals surface area contributed by atoms with Gasteiger partial charge in [-0.3, -0.25) is 4.79 Å². The number of aliphatic carboxylic acids is 1. The number of carboxylic acid groups (broad SMARTS) is 1. The van der Waals surface area contributed by atoms with Crippen LogP contribution in [0.5, 0.6) is 0 Å². The summed E-state index contributed by atoms with van der Waals surface area (Å²) >= 11 is 0. The third-order valence-corrected chi connectivity index (χ3v) is 3.58. The van der Waals surface area contributed by atoms with Gasteiger partial charge in [0, 0.05) is 12.6 Å². The summed E-state index contributed by atoms with van der Waals surface area (Å²) in [7, 11) is 0. The van der Waals surface area contributed by atoms with E-state index in [4.69, 9.17) is 4.74 Å². The Labute approximate surface area is 101 Å². The summed E-state index contributed by atoms with van der Waals surface area (Å²) in [6, 6.07) is 0.0425. The molecule has 1 aliphatic heterocycles. The fourth-order valence-electron chi connectivity index (χ4n) is 2.76. The van der Waals surface area contributed by atoms with E-state index < -0.39 is 17.0 Å². The highest BCUT2D eigenvalue weighted by molar-refractivity contribution is 5.79. The van der Waals surface area contributed by atoms with Gasteiger partial charge >= 0.3 is 12.1 Å². The summed E-state index contributed by atoms with van der Waals surface area (Å²) in [5, 5.41) is 9.24. The molecule has 2 atom stereocenters. The van der Waals surface area contributed by atoms with Crippen LogP contribution in [0.25, 0.3) is 0 Å². The number of carboxylic acids is 1. The monoisotopic (exact) mass is 241 g/mol. The molecule has 0 radical (unpaired) electrons. The molecule has 0 unspecified atom stereocenters. The Kier molecular flexibility index (Phi) is 2.60. The summed E-state index contributed by atoms with van der Waals surface area (Å²) in [6.07, 6.45) is 1.63. The van der Waals surface area contributed by atoms with Gasteiger partial charge in [0.15, 0.2) is 0 Å². The number of amides is 1. The molecule has 0 spiro atoms. The second-order valence-electron chi connectivity index (χ2n) is 6.09. The Morgan fingerprint density at radius 2 is 2.06 bits per heavy atom. The summed E-state index contributed by atoms with van der Waals surface area (Å²) < 4.78 is 5.29. The van der Waals surface area contributed by atoms with Crippen LogP contribution in [0.4, 0.5) is 4.79 Å². The molecule has 1 heterocycles. The normalized spacial score (nSPS) is 31.7. The van der Waals surface area contributed by atoms with E-state index in [-0.39, 0.29) is 12.1 Å². The molecule has 1 aliphatic carbocycles. The third-order valence-electron chi connectivity index (χ3n) is 3.58. The molecule has 1 N–H and O–H groups in total. The van der Waals surface area contributed by atoms with Crippen LogP contribution >= 0.6 is 0 Å². The lowest BCUT2D eigenvalue weighted by Gasteiger charge is -2.32. The van der Waals surface area contributed by atoms with Gasteiger partial charge in [-0.2, -0.15) is 0 Å². The number of carbonyl (C=O) groups is 2. The van der Waals surface area contributed by atoms with Crippen LogP contribution in [0.15, 0.2) is 0 Å². The van der Waals surface area contributed by atoms with Gasteiger partial charge in [-0.05, 0) is 40.0 Å². The number of hydrogen-bond acceptors (Lipinski definition) is 3. The van der Waals surface area contributed by atoms with Crippen molar-refractivity contribution in [3.63, 3.8) is 0 Å². The van der Waals surface area contributed by atoms with E-state index >= 15 is 0 Å². The predicted octanol–water partition coefficient (Wildman–Crippen LogP) is 1.86. The van der Waals surface area contributed by atoms with Gasteiger partial charge in [0.25, 0.3) is 0 Å². The molecular weight excluding hydrogens is 222 g/mol. The Bertz CT molecular complexity index is 360. The van der Waals surface area contributed by atoms with Crippen molar-refractivity contribution in [3.05, 3.63) is 0 Å². The zero-order valence-corrected chi connectivity index (χ0v) is 10.5. The average Bonchev–Trinajstić information content (AvgIpc) is 2.72. The first kappa shape index (κ1) is 12.2. The molecule has 96 valence electrons. The van der Waals surface area contributed by atoms with Gasteiger partial charge in [-0.25, -0.2) is 4.79 Å². The zero-order valence-electron chi connectivity index (χ0n) is 10.5. The Morgan fingerprint density at radius 3 is 2.53 bits per heavy atom. The standard InChI is InChI=1S/C12H19NO4/c1-11(2,3)17-10(16)13-7-12(9(14)15)5-4-8(13)6-12/h8H,4-7H2,1-3H3,(H,14,15)/t8-,12-/m1/s1. The number of fused-ring (bicyclic) bond motifs is 2. The minimum absolute atomic E-state index is 0.0425. The summed E-state index contributed by atoms with van der Waals surface area (Å²) in [5.41, 5.74) is -1.25. The molecule has 1 saturated heterocycles. The van der Waals surface area contributed by atoms with Crippen LogP contribution in [0, 0.1) is 5.41 Å². The minimum Gasteiger partial charge on any atom is -0.481 e. The molecule has 0 aromatic carbocycles. The van der Waals surface area contributed by atoms with Crippen LogP contribution in [0.1, 0.15) is 40.0 Å². The number of nitrogens with zero attached hydrogens (tertiary/aromatic N) is 1. The van der Waals surface area contributed by atoms with E-state index in [2.05, 4.69) is 0 Å². The Morgan fingerprint density at radius 1 is 1.41 bits per heavy atom. The van der Waals surface area contributed by atoms with E-state index in [1.165, 1.54) is 0 Å². The largest absolute Gasteiger partial charge is 0.481 e. The highest BCUT2D eigenvalue weighted by atomic mass is 16.6.